The van der Waals surface area contributed by atoms with Crippen molar-refractivity contribution < 1.29 is 0 Å². The van der Waals surface area contributed by atoms with Gasteiger partial charge < -0.3 is 10.3 Å². The Morgan fingerprint density at radius 1 is 1.29 bits per heavy atom. The van der Waals surface area contributed by atoms with Crippen LogP contribution in [0.15, 0.2) is 30.6 Å². The predicted molar refractivity (Wildman–Crippen MR) is 73.1 cm³/mol. The summed E-state index contributed by atoms with van der Waals surface area (Å²) in [5.74, 6) is 0. The SMILES string of the molecule is Cc1ncn(Cc2ccc(C(N)=S)cc2)c1C. The van der Waals surface area contributed by atoms with Gasteiger partial charge in [0.15, 0.2) is 0 Å². The maximum absolute atomic E-state index is 5.56. The molecule has 0 atom stereocenters. The van der Waals surface area contributed by atoms with Gasteiger partial charge in [0.1, 0.15) is 4.99 Å². The van der Waals surface area contributed by atoms with E-state index >= 15 is 0 Å². The minimum atomic E-state index is 0.436. The number of nitrogens with two attached hydrogens (primary N) is 1. The molecule has 0 amide bonds. The summed E-state index contributed by atoms with van der Waals surface area (Å²) in [6.45, 7) is 4.91. The van der Waals surface area contributed by atoms with Crippen LogP contribution in [0.3, 0.4) is 0 Å². The van der Waals surface area contributed by atoms with Crippen LogP contribution in [0.5, 0.6) is 0 Å². The van der Waals surface area contributed by atoms with Gasteiger partial charge in [0.05, 0.1) is 12.0 Å². The van der Waals surface area contributed by atoms with Crippen LogP contribution in [0.25, 0.3) is 0 Å². The highest BCUT2D eigenvalue weighted by atomic mass is 32.1. The van der Waals surface area contributed by atoms with Crippen LogP contribution in [0.2, 0.25) is 0 Å². The normalized spacial score (nSPS) is 10.5. The molecular weight excluding hydrogens is 230 g/mol. The fourth-order valence-corrected chi connectivity index (χ4v) is 1.81. The Labute approximate surface area is 106 Å². The smallest absolute Gasteiger partial charge is 0.103 e. The van der Waals surface area contributed by atoms with Crippen molar-refractivity contribution in [2.45, 2.75) is 20.4 Å². The molecule has 0 saturated carbocycles. The van der Waals surface area contributed by atoms with Crippen LogP contribution in [-0.2, 0) is 6.54 Å². The highest BCUT2D eigenvalue weighted by Gasteiger charge is 2.03. The van der Waals surface area contributed by atoms with Gasteiger partial charge >= 0.3 is 0 Å². The summed E-state index contributed by atoms with van der Waals surface area (Å²) in [7, 11) is 0. The number of benzene rings is 1. The van der Waals surface area contributed by atoms with Crippen molar-refractivity contribution in [1.82, 2.24) is 9.55 Å². The van der Waals surface area contributed by atoms with Crippen LogP contribution in [0, 0.1) is 13.8 Å². The van der Waals surface area contributed by atoms with Gasteiger partial charge in [0, 0.05) is 17.8 Å². The van der Waals surface area contributed by atoms with E-state index in [9.17, 15) is 0 Å². The van der Waals surface area contributed by atoms with Crippen LogP contribution < -0.4 is 5.73 Å². The zero-order valence-electron chi connectivity index (χ0n) is 9.97. The van der Waals surface area contributed by atoms with Crippen molar-refractivity contribution >= 4 is 17.2 Å². The molecule has 0 unspecified atom stereocenters. The number of nitrogens with zero attached hydrogens (tertiary/aromatic N) is 2. The molecule has 0 spiro atoms. The number of hydrogen-bond acceptors (Lipinski definition) is 2. The fraction of sp³-hybridized carbons (Fsp3) is 0.231. The first-order valence-corrected chi connectivity index (χ1v) is 5.86. The monoisotopic (exact) mass is 245 g/mol. The number of thiocarbonyl (C=S) groups is 1. The molecule has 88 valence electrons. The average Bonchev–Trinajstić information content (AvgIpc) is 2.62. The van der Waals surface area contributed by atoms with Gasteiger partial charge in [-0.25, -0.2) is 4.98 Å². The number of aromatic nitrogens is 2. The standard InChI is InChI=1S/C13H15N3S/c1-9-10(2)16(8-15-9)7-11-3-5-12(6-4-11)13(14)17/h3-6,8H,7H2,1-2H3,(H2,14,17). The molecule has 3 nitrogen and oxygen atoms in total. The molecule has 0 bridgehead atoms. The van der Waals surface area contributed by atoms with Crippen molar-refractivity contribution in [3.63, 3.8) is 0 Å². The second-order valence-corrected chi connectivity index (χ2v) is 4.54. The van der Waals surface area contributed by atoms with Gasteiger partial charge in [0.2, 0.25) is 0 Å². The molecule has 2 aromatic rings. The Balaban J connectivity index is 2.19. The van der Waals surface area contributed by atoms with Crippen molar-refractivity contribution in [3.8, 4) is 0 Å². The van der Waals surface area contributed by atoms with Gasteiger partial charge in [-0.3, -0.25) is 0 Å². The summed E-state index contributed by atoms with van der Waals surface area (Å²) in [6.07, 6.45) is 1.87. The zero-order valence-corrected chi connectivity index (χ0v) is 10.8. The van der Waals surface area contributed by atoms with E-state index in [0.717, 1.165) is 17.8 Å². The Morgan fingerprint density at radius 2 is 1.94 bits per heavy atom. The van der Waals surface area contributed by atoms with E-state index < -0.39 is 0 Å². The first kappa shape index (κ1) is 11.8. The van der Waals surface area contributed by atoms with Gasteiger partial charge in [-0.05, 0) is 19.4 Å². The van der Waals surface area contributed by atoms with Crippen molar-refractivity contribution in [1.29, 1.82) is 0 Å². The molecule has 0 saturated heterocycles. The Bertz CT molecular complexity index is 540. The summed E-state index contributed by atoms with van der Waals surface area (Å²) in [6, 6.07) is 8.00. The quantitative estimate of drug-likeness (QED) is 0.843. The molecule has 0 aliphatic carbocycles. The Morgan fingerprint density at radius 3 is 2.41 bits per heavy atom. The largest absolute Gasteiger partial charge is 0.389 e. The summed E-state index contributed by atoms with van der Waals surface area (Å²) in [4.78, 5) is 4.72. The summed E-state index contributed by atoms with van der Waals surface area (Å²) >= 11 is 4.92. The molecule has 1 heterocycles. The molecule has 4 heteroatoms. The van der Waals surface area contributed by atoms with E-state index in [-0.39, 0.29) is 0 Å². The Kier molecular flexibility index (Phi) is 3.24. The second-order valence-electron chi connectivity index (χ2n) is 4.10. The van der Waals surface area contributed by atoms with E-state index in [1.54, 1.807) is 0 Å². The van der Waals surface area contributed by atoms with Crippen LogP contribution in [0.4, 0.5) is 0 Å². The fourth-order valence-electron chi connectivity index (χ4n) is 1.67. The number of imidazole rings is 1. The lowest BCUT2D eigenvalue weighted by Crippen LogP contribution is -2.09. The van der Waals surface area contributed by atoms with Crippen LogP contribution in [0.1, 0.15) is 22.5 Å². The number of hydrogen-bond donors (Lipinski definition) is 1. The molecule has 1 aromatic heterocycles. The summed E-state index contributed by atoms with van der Waals surface area (Å²) in [5.41, 5.74) is 9.95. The topological polar surface area (TPSA) is 43.8 Å². The van der Waals surface area contributed by atoms with Gasteiger partial charge in [-0.15, -0.1) is 0 Å². The number of aryl methyl sites for hydroxylation is 1. The first-order chi connectivity index (χ1) is 8.08. The third-order valence-corrected chi connectivity index (χ3v) is 3.17. The van der Waals surface area contributed by atoms with Gasteiger partial charge in [-0.1, -0.05) is 36.5 Å². The Hall–Kier alpha value is -1.68. The minimum Gasteiger partial charge on any atom is -0.389 e. The highest BCUT2D eigenvalue weighted by molar-refractivity contribution is 7.80. The van der Waals surface area contributed by atoms with Gasteiger partial charge in [-0.2, -0.15) is 0 Å². The lowest BCUT2D eigenvalue weighted by molar-refractivity contribution is 0.768. The van der Waals surface area contributed by atoms with Crippen LogP contribution in [-0.4, -0.2) is 14.5 Å². The highest BCUT2D eigenvalue weighted by Crippen LogP contribution is 2.10. The minimum absolute atomic E-state index is 0.436. The maximum atomic E-state index is 5.56. The lowest BCUT2D eigenvalue weighted by Gasteiger charge is -2.06. The molecule has 2 N–H and O–H groups in total. The molecule has 0 aliphatic rings. The van der Waals surface area contributed by atoms with Crippen molar-refractivity contribution in [2.75, 3.05) is 0 Å². The van der Waals surface area contributed by atoms with Gasteiger partial charge in [0.25, 0.3) is 0 Å². The third-order valence-electron chi connectivity index (χ3n) is 2.94. The van der Waals surface area contributed by atoms with E-state index in [4.69, 9.17) is 18.0 Å². The predicted octanol–water partition coefficient (Wildman–Crippen LogP) is 2.18. The van der Waals surface area contributed by atoms with Crippen molar-refractivity contribution in [3.05, 3.63) is 53.1 Å². The molecule has 2 rings (SSSR count). The van der Waals surface area contributed by atoms with E-state index in [1.165, 1.54) is 11.3 Å². The first-order valence-electron chi connectivity index (χ1n) is 5.45. The van der Waals surface area contributed by atoms with Crippen molar-refractivity contribution in [2.24, 2.45) is 5.73 Å². The van der Waals surface area contributed by atoms with E-state index in [2.05, 4.69) is 16.5 Å². The van der Waals surface area contributed by atoms with E-state index in [0.29, 0.717) is 4.99 Å². The zero-order chi connectivity index (χ0) is 12.4. The van der Waals surface area contributed by atoms with E-state index in [1.807, 2.05) is 37.5 Å². The molecule has 0 radical (unpaired) electrons. The molecule has 0 fully saturated rings. The summed E-state index contributed by atoms with van der Waals surface area (Å²) < 4.78 is 2.13. The molecule has 17 heavy (non-hydrogen) atoms. The average molecular weight is 245 g/mol. The molecule has 0 aliphatic heterocycles. The maximum Gasteiger partial charge on any atom is 0.103 e. The van der Waals surface area contributed by atoms with Crippen LogP contribution >= 0.6 is 12.2 Å². The summed E-state index contributed by atoms with van der Waals surface area (Å²) in [5, 5.41) is 0. The third kappa shape index (κ3) is 2.53. The number of rotatable bonds is 3. The lowest BCUT2D eigenvalue weighted by atomic mass is 10.1. The molecular formula is C13H15N3S. The second kappa shape index (κ2) is 4.67. The molecule has 1 aromatic carbocycles.